The highest BCUT2D eigenvalue weighted by molar-refractivity contribution is 8.24. The fraction of sp³-hybridized carbons (Fsp3) is 1.00. The van der Waals surface area contributed by atoms with Crippen LogP contribution in [0.2, 0.25) is 0 Å². The van der Waals surface area contributed by atoms with E-state index < -0.39 is 0 Å². The monoisotopic (exact) mass is 161 g/mol. The van der Waals surface area contributed by atoms with Gasteiger partial charge in [-0.05, 0) is 13.5 Å². The second-order valence-electron chi connectivity index (χ2n) is 2.65. The Hall–Kier alpha value is 0.527. The van der Waals surface area contributed by atoms with Crippen molar-refractivity contribution in [2.45, 2.75) is 31.6 Å². The van der Waals surface area contributed by atoms with Gasteiger partial charge in [0.15, 0.2) is 8.83 Å². The lowest BCUT2D eigenvalue weighted by atomic mass is 10.2. The molecule has 1 rings (SSSR count). The van der Waals surface area contributed by atoms with Crippen molar-refractivity contribution in [2.75, 3.05) is 7.05 Å². The van der Waals surface area contributed by atoms with Crippen molar-refractivity contribution in [1.29, 1.82) is 0 Å². The number of unbranched alkanes of at least 4 members (excludes halogenated alkanes) is 1. The van der Waals surface area contributed by atoms with E-state index in [1.54, 1.807) is 0 Å². The van der Waals surface area contributed by atoms with Gasteiger partial charge in [0.05, 0.1) is 0 Å². The molecule has 0 radical (unpaired) electrons. The van der Waals surface area contributed by atoms with Gasteiger partial charge in [0.1, 0.15) is 0 Å². The molecule has 1 aliphatic rings. The summed E-state index contributed by atoms with van der Waals surface area (Å²) < 4.78 is 2.56. The first-order valence-electron chi connectivity index (χ1n) is 3.66. The predicted molar refractivity (Wildman–Crippen MR) is 47.2 cm³/mol. The Morgan fingerprint density at radius 1 is 1.67 bits per heavy atom. The molecule has 9 heavy (non-hydrogen) atoms. The highest BCUT2D eigenvalue weighted by Crippen LogP contribution is 2.28. The Bertz CT molecular complexity index is 89.1. The minimum atomic E-state index is 0.204. The molecule has 0 N–H and O–H groups in total. The zero-order valence-electron chi connectivity index (χ0n) is 6.26. The zero-order valence-corrected chi connectivity index (χ0v) is 8.49. The molecule has 1 heterocycles. The summed E-state index contributed by atoms with van der Waals surface area (Å²) in [5.74, 6) is 0. The van der Waals surface area contributed by atoms with Crippen molar-refractivity contribution in [3.63, 3.8) is 0 Å². The summed E-state index contributed by atoms with van der Waals surface area (Å²) in [6.45, 7) is 2.26. The average molecular weight is 161 g/mol. The lowest BCUT2D eigenvalue weighted by Gasteiger charge is -2.36. The van der Waals surface area contributed by atoms with Crippen LogP contribution in [0.5, 0.6) is 0 Å². The van der Waals surface area contributed by atoms with E-state index in [-0.39, 0.29) is 8.83 Å². The molecule has 1 unspecified atom stereocenters. The summed E-state index contributed by atoms with van der Waals surface area (Å²) in [7, 11) is 2.47. The summed E-state index contributed by atoms with van der Waals surface area (Å²) in [6, 6.07) is 0. The molecule has 0 spiro atoms. The van der Waals surface area contributed by atoms with E-state index in [1.807, 2.05) is 0 Å². The van der Waals surface area contributed by atoms with Crippen LogP contribution in [-0.4, -0.2) is 25.8 Å². The van der Waals surface area contributed by atoms with Crippen LogP contribution >= 0.6 is 11.2 Å². The van der Waals surface area contributed by atoms with Crippen molar-refractivity contribution in [3.8, 4) is 0 Å². The maximum absolute atomic E-state index is 2.56. The van der Waals surface area contributed by atoms with Gasteiger partial charge in [-0.1, -0.05) is 19.8 Å². The van der Waals surface area contributed by atoms with Gasteiger partial charge in [-0.15, -0.1) is 0 Å². The first kappa shape index (κ1) is 7.63. The van der Waals surface area contributed by atoms with Crippen molar-refractivity contribution in [2.24, 2.45) is 0 Å². The van der Waals surface area contributed by atoms with Crippen LogP contribution in [0.3, 0.4) is 0 Å². The van der Waals surface area contributed by atoms with E-state index in [2.05, 4.69) is 29.7 Å². The second-order valence-corrected chi connectivity index (χ2v) is 6.56. The normalized spacial score (nSPS) is 30.7. The molecule has 0 aliphatic carbocycles. The first-order valence-corrected chi connectivity index (χ1v) is 7.07. The number of hydrogen-bond donors (Lipinski definition) is 0. The second kappa shape index (κ2) is 3.64. The highest BCUT2D eigenvalue weighted by Gasteiger charge is 2.23. The molecule has 0 aromatic carbocycles. The summed E-state index contributed by atoms with van der Waals surface area (Å²) in [6.07, 6.45) is 4.19. The lowest BCUT2D eigenvalue weighted by molar-refractivity contribution is 0.453. The van der Waals surface area contributed by atoms with Crippen LogP contribution in [0.25, 0.3) is 0 Å². The van der Waals surface area contributed by atoms with Crippen LogP contribution < -0.4 is 0 Å². The average Bonchev–Trinajstić information content (AvgIpc) is 1.86. The van der Waals surface area contributed by atoms with Crippen molar-refractivity contribution in [3.05, 3.63) is 0 Å². The third kappa shape index (κ3) is 1.99. The largest absolute Gasteiger partial charge is 0.312 e. The summed E-state index contributed by atoms with van der Waals surface area (Å²) in [5, 5.41) is 0.914. The topological polar surface area (TPSA) is 3.24 Å². The van der Waals surface area contributed by atoms with Gasteiger partial charge >= 0.3 is 0 Å². The molecule has 54 valence electrons. The fourth-order valence-electron chi connectivity index (χ4n) is 1.01. The van der Waals surface area contributed by atoms with Crippen LogP contribution in [0.4, 0.5) is 0 Å². The molecule has 1 saturated heterocycles. The smallest absolute Gasteiger partial charge is 0.160 e. The molecule has 0 amide bonds. The zero-order chi connectivity index (χ0) is 6.69. The molecule has 0 saturated carbocycles. The SMILES string of the molecule is CCCCC1S[SiH2]N1C. The van der Waals surface area contributed by atoms with Gasteiger partial charge in [-0.3, -0.25) is 0 Å². The minimum Gasteiger partial charge on any atom is -0.312 e. The van der Waals surface area contributed by atoms with E-state index in [0.29, 0.717) is 0 Å². The minimum absolute atomic E-state index is 0.204. The van der Waals surface area contributed by atoms with Crippen LogP contribution in [0.1, 0.15) is 26.2 Å². The molecular weight excluding hydrogens is 146 g/mol. The molecule has 1 atom stereocenters. The fourth-order valence-corrected chi connectivity index (χ4v) is 4.66. The molecule has 0 aromatic rings. The predicted octanol–water partition coefficient (Wildman–Crippen LogP) is 1.18. The summed E-state index contributed by atoms with van der Waals surface area (Å²) in [4.78, 5) is 0. The van der Waals surface area contributed by atoms with E-state index in [1.165, 1.54) is 19.3 Å². The van der Waals surface area contributed by atoms with Gasteiger partial charge in [0.2, 0.25) is 0 Å². The Balaban J connectivity index is 1.99. The van der Waals surface area contributed by atoms with E-state index in [0.717, 1.165) is 5.37 Å². The molecule has 0 aromatic heterocycles. The van der Waals surface area contributed by atoms with Crippen molar-refractivity contribution in [1.82, 2.24) is 4.57 Å². The quantitative estimate of drug-likeness (QED) is 0.572. The molecule has 1 aliphatic heterocycles. The van der Waals surface area contributed by atoms with E-state index >= 15 is 0 Å². The maximum Gasteiger partial charge on any atom is 0.160 e. The Morgan fingerprint density at radius 2 is 2.44 bits per heavy atom. The number of hydrogen-bond acceptors (Lipinski definition) is 2. The van der Waals surface area contributed by atoms with Gasteiger partial charge in [-0.2, -0.15) is 11.2 Å². The Kier molecular flexibility index (Phi) is 3.08. The van der Waals surface area contributed by atoms with Crippen LogP contribution in [-0.2, 0) is 0 Å². The molecule has 1 nitrogen and oxygen atoms in total. The highest BCUT2D eigenvalue weighted by atomic mass is 32.4. The molecule has 1 fully saturated rings. The van der Waals surface area contributed by atoms with Crippen molar-refractivity contribution >= 4 is 20.0 Å². The van der Waals surface area contributed by atoms with E-state index in [4.69, 9.17) is 0 Å². The third-order valence-electron chi connectivity index (χ3n) is 1.77. The molecule has 3 heteroatoms. The summed E-state index contributed by atoms with van der Waals surface area (Å²) >= 11 is 2.22. The molecular formula is C6H15NSSi. The first-order chi connectivity index (χ1) is 4.34. The standard InChI is InChI=1S/C6H15NSSi/c1-3-4-5-6-7(2)9-8-6/h6H,3-5,9H2,1-2H3. The van der Waals surface area contributed by atoms with Crippen LogP contribution in [0, 0.1) is 0 Å². The Labute approximate surface area is 63.7 Å². The van der Waals surface area contributed by atoms with Gasteiger partial charge in [0.25, 0.3) is 0 Å². The van der Waals surface area contributed by atoms with Gasteiger partial charge in [0, 0.05) is 5.37 Å². The van der Waals surface area contributed by atoms with Gasteiger partial charge < -0.3 is 4.57 Å². The third-order valence-corrected chi connectivity index (χ3v) is 6.83. The lowest BCUT2D eigenvalue weighted by Crippen LogP contribution is -2.41. The molecule has 0 bridgehead atoms. The Morgan fingerprint density at radius 3 is 2.78 bits per heavy atom. The van der Waals surface area contributed by atoms with Crippen LogP contribution in [0.15, 0.2) is 0 Å². The van der Waals surface area contributed by atoms with Gasteiger partial charge in [-0.25, -0.2) is 0 Å². The van der Waals surface area contributed by atoms with Crippen molar-refractivity contribution < 1.29 is 0 Å². The number of rotatable bonds is 3. The van der Waals surface area contributed by atoms with E-state index in [9.17, 15) is 0 Å². The summed E-state index contributed by atoms with van der Waals surface area (Å²) in [5.41, 5.74) is 0. The maximum atomic E-state index is 2.56. The number of nitrogens with zero attached hydrogens (tertiary/aromatic N) is 1.